The highest BCUT2D eigenvalue weighted by atomic mass is 16.5. The molecule has 6 nitrogen and oxygen atoms in total. The molecule has 120 valence electrons. The molecule has 2 heterocycles. The van der Waals surface area contributed by atoms with Crippen LogP contribution in [0.3, 0.4) is 0 Å². The number of hydrogen-bond acceptors (Lipinski definition) is 5. The summed E-state index contributed by atoms with van der Waals surface area (Å²) in [4.78, 5) is 14.3. The summed E-state index contributed by atoms with van der Waals surface area (Å²) in [5.41, 5.74) is 1.46. The molecule has 2 fully saturated rings. The first-order chi connectivity index (χ1) is 11.2. The van der Waals surface area contributed by atoms with Crippen molar-refractivity contribution >= 4 is 5.91 Å². The van der Waals surface area contributed by atoms with Crippen LogP contribution in [0.4, 0.5) is 0 Å². The molecule has 0 spiro atoms. The third kappa shape index (κ3) is 2.39. The summed E-state index contributed by atoms with van der Waals surface area (Å²) in [5, 5.41) is 13.2. The summed E-state index contributed by atoms with van der Waals surface area (Å²) in [6.45, 7) is 1.62. The number of ether oxygens (including phenoxy) is 1. The van der Waals surface area contributed by atoms with E-state index in [9.17, 15) is 9.90 Å². The summed E-state index contributed by atoms with van der Waals surface area (Å²) in [5.74, 6) is 2.13. The summed E-state index contributed by atoms with van der Waals surface area (Å²) in [7, 11) is 1.61. The van der Waals surface area contributed by atoms with Crippen molar-refractivity contribution in [2.75, 3.05) is 26.8 Å². The van der Waals surface area contributed by atoms with Crippen LogP contribution in [0.5, 0.6) is 5.75 Å². The second kappa shape index (κ2) is 5.38. The molecule has 2 aliphatic rings. The van der Waals surface area contributed by atoms with Gasteiger partial charge in [-0.1, -0.05) is 17.3 Å². The fourth-order valence-corrected chi connectivity index (χ4v) is 3.54. The van der Waals surface area contributed by atoms with Gasteiger partial charge in [-0.05, 0) is 29.9 Å². The molecule has 1 amide bonds. The van der Waals surface area contributed by atoms with Crippen LogP contribution >= 0.6 is 0 Å². The van der Waals surface area contributed by atoms with Crippen molar-refractivity contribution in [2.24, 2.45) is 17.8 Å². The molecular formula is C17H18N2O4. The number of carbonyl (C=O) groups is 1. The smallest absolute Gasteiger partial charge is 0.292 e. The second-order valence-corrected chi connectivity index (χ2v) is 6.19. The molecule has 1 aliphatic carbocycles. The quantitative estimate of drug-likeness (QED) is 0.929. The van der Waals surface area contributed by atoms with E-state index in [0.717, 1.165) is 11.3 Å². The van der Waals surface area contributed by atoms with E-state index in [4.69, 9.17) is 9.26 Å². The number of aliphatic hydroxyl groups is 1. The number of methoxy groups -OCH3 is 1. The van der Waals surface area contributed by atoms with Crippen molar-refractivity contribution in [3.05, 3.63) is 36.1 Å². The lowest BCUT2D eigenvalue weighted by atomic mass is 10.1. The molecule has 0 bridgehead atoms. The van der Waals surface area contributed by atoms with E-state index in [2.05, 4.69) is 5.16 Å². The fourth-order valence-electron chi connectivity index (χ4n) is 3.54. The van der Waals surface area contributed by atoms with Crippen LogP contribution in [-0.4, -0.2) is 47.9 Å². The van der Waals surface area contributed by atoms with Crippen molar-refractivity contribution in [1.82, 2.24) is 10.1 Å². The van der Waals surface area contributed by atoms with Crippen molar-refractivity contribution in [1.29, 1.82) is 0 Å². The van der Waals surface area contributed by atoms with Gasteiger partial charge in [-0.3, -0.25) is 4.79 Å². The number of likely N-dealkylation sites (tertiary alicyclic amines) is 1. The zero-order valence-corrected chi connectivity index (χ0v) is 12.8. The van der Waals surface area contributed by atoms with Crippen LogP contribution in [0.2, 0.25) is 0 Å². The van der Waals surface area contributed by atoms with Gasteiger partial charge in [0.25, 0.3) is 5.91 Å². The van der Waals surface area contributed by atoms with E-state index in [1.165, 1.54) is 0 Å². The van der Waals surface area contributed by atoms with Crippen LogP contribution in [-0.2, 0) is 0 Å². The maximum Gasteiger partial charge on any atom is 0.292 e. The van der Waals surface area contributed by atoms with Crippen LogP contribution in [0, 0.1) is 17.8 Å². The van der Waals surface area contributed by atoms with Gasteiger partial charge in [-0.15, -0.1) is 0 Å². The first kappa shape index (κ1) is 14.3. The Morgan fingerprint density at radius 2 is 2.17 bits per heavy atom. The van der Waals surface area contributed by atoms with Gasteiger partial charge < -0.3 is 19.3 Å². The van der Waals surface area contributed by atoms with Gasteiger partial charge in [-0.2, -0.15) is 0 Å². The number of fused-ring (bicyclic) bond motifs is 1. The van der Waals surface area contributed by atoms with Gasteiger partial charge in [0.1, 0.15) is 11.4 Å². The minimum absolute atomic E-state index is 0.129. The molecule has 1 aromatic carbocycles. The molecular weight excluding hydrogens is 296 g/mol. The number of piperidine rings is 1. The molecule has 3 atom stereocenters. The van der Waals surface area contributed by atoms with Gasteiger partial charge >= 0.3 is 0 Å². The number of amides is 1. The molecule has 1 N–H and O–H groups in total. The van der Waals surface area contributed by atoms with E-state index < -0.39 is 0 Å². The summed E-state index contributed by atoms with van der Waals surface area (Å²) < 4.78 is 10.4. The Balaban J connectivity index is 1.49. The van der Waals surface area contributed by atoms with E-state index in [1.54, 1.807) is 18.1 Å². The minimum atomic E-state index is -0.129. The first-order valence-corrected chi connectivity index (χ1v) is 7.72. The number of rotatable bonds is 4. The lowest BCUT2D eigenvalue weighted by molar-refractivity contribution is 0.0718. The molecule has 1 saturated carbocycles. The van der Waals surface area contributed by atoms with Gasteiger partial charge in [0.15, 0.2) is 0 Å². The van der Waals surface area contributed by atoms with Crippen LogP contribution in [0.25, 0.3) is 11.3 Å². The fraction of sp³-hybridized carbons (Fsp3) is 0.412. The predicted octanol–water partition coefficient (Wildman–Crippen LogP) is 1.66. The van der Waals surface area contributed by atoms with Crippen molar-refractivity contribution < 1.29 is 19.2 Å². The number of nitrogens with zero attached hydrogens (tertiary/aromatic N) is 2. The molecule has 1 aliphatic heterocycles. The van der Waals surface area contributed by atoms with E-state index in [1.807, 2.05) is 24.3 Å². The third-order valence-corrected chi connectivity index (χ3v) is 4.96. The molecule has 4 rings (SSSR count). The maximum atomic E-state index is 12.5. The monoisotopic (exact) mass is 314 g/mol. The van der Waals surface area contributed by atoms with Crippen molar-refractivity contribution in [3.63, 3.8) is 0 Å². The molecule has 1 saturated heterocycles. The zero-order chi connectivity index (χ0) is 16.0. The Kier molecular flexibility index (Phi) is 3.34. The molecule has 6 heteroatoms. The van der Waals surface area contributed by atoms with Crippen LogP contribution < -0.4 is 4.74 Å². The lowest BCUT2D eigenvalue weighted by Crippen LogP contribution is -2.31. The number of hydrogen-bond donors (Lipinski definition) is 1. The molecule has 1 aromatic heterocycles. The molecule has 0 radical (unpaired) electrons. The highest BCUT2D eigenvalue weighted by Crippen LogP contribution is 2.51. The van der Waals surface area contributed by atoms with Gasteiger partial charge in [0.05, 0.1) is 7.11 Å². The van der Waals surface area contributed by atoms with Crippen LogP contribution in [0.1, 0.15) is 10.6 Å². The van der Waals surface area contributed by atoms with E-state index >= 15 is 0 Å². The lowest BCUT2D eigenvalue weighted by Gasteiger charge is -2.17. The largest absolute Gasteiger partial charge is 0.497 e. The van der Waals surface area contributed by atoms with Gasteiger partial charge in [0.2, 0.25) is 5.76 Å². The standard InChI is InChI=1S/C17H18N2O4/c1-22-11-4-2-3-10(5-11)15-6-16(23-18-15)17(21)19-7-12-13(8-19)14(12)9-20/h2-6,12-14,20H,7-9H2,1H3/t12-,13+,14?. The Morgan fingerprint density at radius 1 is 1.39 bits per heavy atom. The van der Waals surface area contributed by atoms with Crippen LogP contribution in [0.15, 0.2) is 34.9 Å². The average molecular weight is 314 g/mol. The van der Waals surface area contributed by atoms with E-state index in [-0.39, 0.29) is 18.3 Å². The second-order valence-electron chi connectivity index (χ2n) is 6.19. The van der Waals surface area contributed by atoms with E-state index in [0.29, 0.717) is 36.5 Å². The van der Waals surface area contributed by atoms with Gasteiger partial charge in [0, 0.05) is 31.3 Å². The maximum absolute atomic E-state index is 12.5. The van der Waals surface area contributed by atoms with Crippen molar-refractivity contribution in [2.45, 2.75) is 0 Å². The summed E-state index contributed by atoms with van der Waals surface area (Å²) in [6, 6.07) is 9.14. The SMILES string of the molecule is COc1cccc(-c2cc(C(=O)N3C[C@@H]4C(CO)[C@@H]4C3)on2)c1. The third-order valence-electron chi connectivity index (χ3n) is 4.96. The Bertz CT molecular complexity index is 730. The molecule has 1 unspecified atom stereocenters. The normalized spacial score (nSPS) is 25.3. The highest BCUT2D eigenvalue weighted by Gasteiger charge is 2.56. The number of carbonyl (C=O) groups excluding carboxylic acids is 1. The predicted molar refractivity (Wildman–Crippen MR) is 82.0 cm³/mol. The Labute approximate surface area is 133 Å². The summed E-state index contributed by atoms with van der Waals surface area (Å²) >= 11 is 0. The first-order valence-electron chi connectivity index (χ1n) is 7.72. The Hall–Kier alpha value is -2.34. The number of aliphatic hydroxyl groups excluding tert-OH is 1. The summed E-state index contributed by atoms with van der Waals surface area (Å²) in [6.07, 6.45) is 0. The minimum Gasteiger partial charge on any atom is -0.497 e. The average Bonchev–Trinajstić information content (AvgIpc) is 3.00. The van der Waals surface area contributed by atoms with Crippen molar-refractivity contribution in [3.8, 4) is 17.0 Å². The number of aromatic nitrogens is 1. The highest BCUT2D eigenvalue weighted by molar-refractivity contribution is 5.92. The number of benzene rings is 1. The zero-order valence-electron chi connectivity index (χ0n) is 12.8. The van der Waals surface area contributed by atoms with Gasteiger partial charge in [-0.25, -0.2) is 0 Å². The Morgan fingerprint density at radius 3 is 2.87 bits per heavy atom. The molecule has 2 aromatic rings. The molecule has 23 heavy (non-hydrogen) atoms. The topological polar surface area (TPSA) is 75.8 Å².